The molecule has 1 aliphatic heterocycles. The van der Waals surface area contributed by atoms with Crippen molar-refractivity contribution in [1.82, 2.24) is 15.5 Å². The van der Waals surface area contributed by atoms with Crippen molar-refractivity contribution >= 4 is 23.7 Å². The van der Waals surface area contributed by atoms with Gasteiger partial charge in [-0.05, 0) is 64.7 Å². The lowest BCUT2D eigenvalue weighted by atomic mass is 9.93. The largest absolute Gasteiger partial charge is 0.444 e. The first-order chi connectivity index (χ1) is 14.1. The van der Waals surface area contributed by atoms with Gasteiger partial charge in [0.1, 0.15) is 11.6 Å². The molecule has 4 unspecified atom stereocenters. The van der Waals surface area contributed by atoms with Gasteiger partial charge in [-0.25, -0.2) is 4.79 Å². The van der Waals surface area contributed by atoms with Crippen LogP contribution >= 0.6 is 0 Å². The Bertz CT molecular complexity index is 697. The minimum Gasteiger partial charge on any atom is -0.444 e. The Kier molecular flexibility index (Phi) is 6.72. The van der Waals surface area contributed by atoms with Crippen molar-refractivity contribution in [2.75, 3.05) is 6.54 Å². The van der Waals surface area contributed by atoms with E-state index in [2.05, 4.69) is 10.6 Å². The molecule has 8 nitrogen and oxygen atoms in total. The fraction of sp³-hybridized carbons (Fsp3) is 0.818. The smallest absolute Gasteiger partial charge is 0.410 e. The molecule has 0 aromatic carbocycles. The number of ketones is 1. The molecular weight excluding hydrogens is 386 g/mol. The van der Waals surface area contributed by atoms with Crippen LogP contribution in [0.15, 0.2) is 0 Å². The van der Waals surface area contributed by atoms with Crippen LogP contribution in [0.4, 0.5) is 4.79 Å². The molecule has 3 aliphatic rings. The van der Waals surface area contributed by atoms with Crippen LogP contribution in [0.3, 0.4) is 0 Å². The van der Waals surface area contributed by atoms with Gasteiger partial charge in [-0.3, -0.25) is 19.3 Å². The molecule has 0 bridgehead atoms. The number of Topliss-reactive ketones (excluding diaryl/α,β-unsaturated/α-hetero) is 1. The normalized spacial score (nSPS) is 26.7. The summed E-state index contributed by atoms with van der Waals surface area (Å²) >= 11 is 0. The van der Waals surface area contributed by atoms with E-state index in [1.165, 1.54) is 4.90 Å². The molecule has 30 heavy (non-hydrogen) atoms. The van der Waals surface area contributed by atoms with Gasteiger partial charge in [0.05, 0.1) is 6.04 Å². The summed E-state index contributed by atoms with van der Waals surface area (Å²) < 4.78 is 5.53. The average Bonchev–Trinajstić information content (AvgIpc) is 3.21. The number of ether oxygens (including phenoxy) is 1. The molecule has 8 heteroatoms. The lowest BCUT2D eigenvalue weighted by molar-refractivity contribution is -0.140. The van der Waals surface area contributed by atoms with Crippen molar-refractivity contribution in [1.29, 1.82) is 0 Å². The van der Waals surface area contributed by atoms with Crippen LogP contribution < -0.4 is 10.6 Å². The molecule has 3 amide bonds. The van der Waals surface area contributed by atoms with Gasteiger partial charge in [0.25, 0.3) is 5.91 Å². The Hall–Kier alpha value is -2.12. The number of carbonyl (C=O) groups is 4. The Balaban J connectivity index is 1.72. The summed E-state index contributed by atoms with van der Waals surface area (Å²) in [5.74, 6) is -1.27. The monoisotopic (exact) mass is 421 g/mol. The van der Waals surface area contributed by atoms with E-state index < -0.39 is 35.5 Å². The Morgan fingerprint density at radius 1 is 1.10 bits per heavy atom. The van der Waals surface area contributed by atoms with Crippen molar-refractivity contribution in [3.63, 3.8) is 0 Å². The zero-order valence-electron chi connectivity index (χ0n) is 18.5. The van der Waals surface area contributed by atoms with Gasteiger partial charge in [0.2, 0.25) is 11.7 Å². The summed E-state index contributed by atoms with van der Waals surface area (Å²) in [5, 5.41) is 5.50. The fourth-order valence-corrected chi connectivity index (χ4v) is 4.61. The van der Waals surface area contributed by atoms with Crippen LogP contribution in [-0.4, -0.2) is 58.9 Å². The van der Waals surface area contributed by atoms with Crippen LogP contribution in [0, 0.1) is 11.8 Å². The summed E-state index contributed by atoms with van der Waals surface area (Å²) in [5.41, 5.74) is -0.655. The predicted molar refractivity (Wildman–Crippen MR) is 111 cm³/mol. The van der Waals surface area contributed by atoms with Crippen LogP contribution in [-0.2, 0) is 19.1 Å². The van der Waals surface area contributed by atoms with Gasteiger partial charge in [0.15, 0.2) is 0 Å². The first-order valence-electron chi connectivity index (χ1n) is 11.3. The van der Waals surface area contributed by atoms with Crippen molar-refractivity contribution in [3.8, 4) is 0 Å². The van der Waals surface area contributed by atoms with Crippen LogP contribution in [0.1, 0.15) is 72.6 Å². The van der Waals surface area contributed by atoms with Gasteiger partial charge in [0, 0.05) is 12.6 Å². The van der Waals surface area contributed by atoms with E-state index in [1.54, 1.807) is 20.8 Å². The number of rotatable bonds is 7. The number of amides is 3. The zero-order chi connectivity index (χ0) is 22.1. The highest BCUT2D eigenvalue weighted by Crippen LogP contribution is 2.42. The second-order valence-electron chi connectivity index (χ2n) is 9.89. The summed E-state index contributed by atoms with van der Waals surface area (Å²) in [7, 11) is 0. The van der Waals surface area contributed by atoms with Crippen molar-refractivity contribution < 1.29 is 23.9 Å². The molecule has 0 aromatic heterocycles. The second-order valence-corrected chi connectivity index (χ2v) is 9.89. The van der Waals surface area contributed by atoms with E-state index in [9.17, 15) is 19.2 Å². The maximum absolute atomic E-state index is 13.3. The third-order valence-corrected chi connectivity index (χ3v) is 6.13. The van der Waals surface area contributed by atoms with Crippen LogP contribution in [0.25, 0.3) is 0 Å². The molecule has 0 spiro atoms. The number of nitrogens with zero attached hydrogens (tertiary/aromatic N) is 1. The predicted octanol–water partition coefficient (Wildman–Crippen LogP) is 2.15. The number of hydrogen-bond donors (Lipinski definition) is 2. The first kappa shape index (κ1) is 22.6. The lowest BCUT2D eigenvalue weighted by Crippen LogP contribution is -2.55. The van der Waals surface area contributed by atoms with Crippen molar-refractivity contribution in [3.05, 3.63) is 0 Å². The number of nitrogens with one attached hydrogen (secondary N) is 2. The van der Waals surface area contributed by atoms with Crippen molar-refractivity contribution in [2.24, 2.45) is 11.8 Å². The number of likely N-dealkylation sites (tertiary alicyclic amines) is 1. The standard InChI is InChI=1S/C22H35N3O5/c1-5-7-16(18(26)20(28)23-14-10-11-14)24-19(27)17-15-9-6-8-13(15)12-25(17)21(29)30-22(2,3)4/h13-17H,5-12H2,1-4H3,(H,23,28)(H,24,27). The van der Waals surface area contributed by atoms with E-state index in [0.29, 0.717) is 19.4 Å². The molecule has 1 saturated heterocycles. The molecule has 2 aliphatic carbocycles. The molecule has 0 radical (unpaired) electrons. The van der Waals surface area contributed by atoms with E-state index in [-0.39, 0.29) is 23.8 Å². The van der Waals surface area contributed by atoms with Crippen molar-refractivity contribution in [2.45, 2.75) is 96.4 Å². The maximum Gasteiger partial charge on any atom is 0.410 e. The Morgan fingerprint density at radius 2 is 1.80 bits per heavy atom. The molecule has 4 atom stereocenters. The summed E-state index contributed by atoms with van der Waals surface area (Å²) in [6.45, 7) is 7.79. The molecule has 2 N–H and O–H groups in total. The number of fused-ring (bicyclic) bond motifs is 1. The first-order valence-corrected chi connectivity index (χ1v) is 11.3. The molecular formula is C22H35N3O5. The third kappa shape index (κ3) is 5.32. The second kappa shape index (κ2) is 8.94. The Morgan fingerprint density at radius 3 is 2.40 bits per heavy atom. The van der Waals surface area contributed by atoms with E-state index in [1.807, 2.05) is 6.92 Å². The maximum atomic E-state index is 13.3. The van der Waals surface area contributed by atoms with Crippen LogP contribution in [0.2, 0.25) is 0 Å². The molecule has 1 heterocycles. The van der Waals surface area contributed by atoms with Crippen LogP contribution in [0.5, 0.6) is 0 Å². The summed E-state index contributed by atoms with van der Waals surface area (Å²) in [6.07, 6.45) is 5.20. The number of carbonyl (C=O) groups excluding carboxylic acids is 4. The highest BCUT2D eigenvalue weighted by Gasteiger charge is 2.51. The minimum atomic E-state index is -0.873. The van der Waals surface area contributed by atoms with Gasteiger partial charge in [-0.15, -0.1) is 0 Å². The van der Waals surface area contributed by atoms with E-state index in [4.69, 9.17) is 4.74 Å². The molecule has 2 saturated carbocycles. The quantitative estimate of drug-likeness (QED) is 0.613. The van der Waals surface area contributed by atoms with E-state index >= 15 is 0 Å². The fourth-order valence-electron chi connectivity index (χ4n) is 4.61. The molecule has 0 aromatic rings. The molecule has 3 fully saturated rings. The molecule has 3 rings (SSSR count). The topological polar surface area (TPSA) is 105 Å². The van der Waals surface area contributed by atoms with Gasteiger partial charge < -0.3 is 15.4 Å². The minimum absolute atomic E-state index is 0.0650. The SMILES string of the molecule is CCCC(NC(=O)C1C2CCCC2CN1C(=O)OC(C)(C)C)C(=O)C(=O)NC1CC1. The van der Waals surface area contributed by atoms with Gasteiger partial charge in [-0.1, -0.05) is 19.8 Å². The number of hydrogen-bond acceptors (Lipinski definition) is 5. The Labute approximate surface area is 178 Å². The summed E-state index contributed by atoms with van der Waals surface area (Å²) in [6, 6.07) is -1.45. The highest BCUT2D eigenvalue weighted by molar-refractivity contribution is 6.38. The lowest BCUT2D eigenvalue weighted by Gasteiger charge is -2.30. The highest BCUT2D eigenvalue weighted by atomic mass is 16.6. The average molecular weight is 422 g/mol. The summed E-state index contributed by atoms with van der Waals surface area (Å²) in [4.78, 5) is 52.4. The zero-order valence-corrected chi connectivity index (χ0v) is 18.5. The van der Waals surface area contributed by atoms with Gasteiger partial charge >= 0.3 is 6.09 Å². The van der Waals surface area contributed by atoms with E-state index in [0.717, 1.165) is 32.1 Å². The third-order valence-electron chi connectivity index (χ3n) is 6.13. The van der Waals surface area contributed by atoms with Gasteiger partial charge in [-0.2, -0.15) is 0 Å². The molecule has 168 valence electrons.